The maximum Gasteiger partial charge on any atom is 0.373 e. The maximum absolute atomic E-state index is 14.0. The molecule has 2 aromatic carbocycles. The predicted molar refractivity (Wildman–Crippen MR) is 105 cm³/mol. The third kappa shape index (κ3) is 8.37. The molecule has 0 heterocycles. The van der Waals surface area contributed by atoms with E-state index >= 15 is 0 Å². The lowest BCUT2D eigenvalue weighted by atomic mass is 10.0. The molecule has 1 amide bonds. The summed E-state index contributed by atoms with van der Waals surface area (Å²) in [6.45, 7) is 1.64. The molecule has 0 unspecified atom stereocenters. The SMILES string of the molecule is COC(=O)c1cc(-c2ccc(F)cc2F)ccc1OC(=O)SCCNC(C)=O.O=C=O. The zero-order chi connectivity index (χ0) is 23.4. The largest absolute Gasteiger partial charge is 0.465 e. The molecule has 0 aliphatic rings. The molecule has 0 radical (unpaired) electrons. The van der Waals surface area contributed by atoms with Crippen LogP contribution in [0.1, 0.15) is 17.3 Å². The fraction of sp³-hybridized carbons (Fsp3) is 0.200. The topological polar surface area (TPSA) is 116 Å². The Morgan fingerprint density at radius 2 is 1.77 bits per heavy atom. The van der Waals surface area contributed by atoms with Gasteiger partial charge in [-0.1, -0.05) is 6.07 Å². The third-order valence-electron chi connectivity index (χ3n) is 3.52. The molecule has 164 valence electrons. The Balaban J connectivity index is 0.00000151. The molecular formula is C20H17F2NO7S. The summed E-state index contributed by atoms with van der Waals surface area (Å²) in [6, 6.07) is 7.13. The molecule has 31 heavy (non-hydrogen) atoms. The molecular weight excluding hydrogens is 436 g/mol. The van der Waals surface area contributed by atoms with Gasteiger partial charge in [0.15, 0.2) is 0 Å². The van der Waals surface area contributed by atoms with Gasteiger partial charge in [-0.25, -0.2) is 18.4 Å². The van der Waals surface area contributed by atoms with E-state index in [4.69, 9.17) is 14.3 Å². The van der Waals surface area contributed by atoms with E-state index < -0.39 is 22.9 Å². The van der Waals surface area contributed by atoms with Crippen LogP contribution in [0.4, 0.5) is 13.6 Å². The van der Waals surface area contributed by atoms with Crippen LogP contribution in [0.25, 0.3) is 11.1 Å². The van der Waals surface area contributed by atoms with Crippen molar-refractivity contribution in [3.63, 3.8) is 0 Å². The summed E-state index contributed by atoms with van der Waals surface area (Å²) in [7, 11) is 1.15. The number of thioether (sulfide) groups is 1. The maximum atomic E-state index is 14.0. The molecule has 0 fully saturated rings. The van der Waals surface area contributed by atoms with Crippen LogP contribution in [0.3, 0.4) is 0 Å². The Hall–Kier alpha value is -3.56. The van der Waals surface area contributed by atoms with Gasteiger partial charge in [-0.15, -0.1) is 0 Å². The van der Waals surface area contributed by atoms with Crippen molar-refractivity contribution in [3.8, 4) is 16.9 Å². The van der Waals surface area contributed by atoms with Crippen LogP contribution in [0, 0.1) is 11.6 Å². The molecule has 0 spiro atoms. The summed E-state index contributed by atoms with van der Waals surface area (Å²) in [6.07, 6.45) is 0.250. The molecule has 0 bridgehead atoms. The number of hydrogen-bond donors (Lipinski definition) is 1. The number of carbonyl (C=O) groups excluding carboxylic acids is 5. The second-order valence-corrected chi connectivity index (χ2v) is 6.62. The molecule has 0 saturated heterocycles. The van der Waals surface area contributed by atoms with E-state index in [1.54, 1.807) is 0 Å². The van der Waals surface area contributed by atoms with Gasteiger partial charge >= 0.3 is 17.4 Å². The first-order valence-corrected chi connectivity index (χ1v) is 9.48. The molecule has 0 aliphatic heterocycles. The minimum Gasteiger partial charge on any atom is -0.465 e. The summed E-state index contributed by atoms with van der Waals surface area (Å²) < 4.78 is 37.0. The molecule has 0 aliphatic carbocycles. The highest BCUT2D eigenvalue weighted by molar-refractivity contribution is 8.13. The van der Waals surface area contributed by atoms with E-state index in [0.717, 1.165) is 31.0 Å². The Morgan fingerprint density at radius 3 is 2.35 bits per heavy atom. The quantitative estimate of drug-likeness (QED) is 0.524. The van der Waals surface area contributed by atoms with Crippen LogP contribution in [0.15, 0.2) is 36.4 Å². The van der Waals surface area contributed by atoms with Crippen LogP contribution in [-0.2, 0) is 19.1 Å². The Labute approximate surface area is 179 Å². The number of hydrogen-bond acceptors (Lipinski definition) is 8. The summed E-state index contributed by atoms with van der Waals surface area (Å²) in [5, 5.41) is 1.85. The number of carbonyl (C=O) groups is 3. The summed E-state index contributed by atoms with van der Waals surface area (Å²) >= 11 is 0.816. The Morgan fingerprint density at radius 1 is 1.10 bits per heavy atom. The minimum absolute atomic E-state index is 0.0600. The smallest absolute Gasteiger partial charge is 0.373 e. The lowest BCUT2D eigenvalue weighted by Gasteiger charge is -2.11. The first kappa shape index (κ1) is 25.5. The highest BCUT2D eigenvalue weighted by Gasteiger charge is 2.19. The van der Waals surface area contributed by atoms with Crippen LogP contribution in [0.2, 0.25) is 0 Å². The van der Waals surface area contributed by atoms with Crippen molar-refractivity contribution in [2.75, 3.05) is 19.4 Å². The van der Waals surface area contributed by atoms with Crippen LogP contribution in [-0.4, -0.2) is 42.7 Å². The molecule has 8 nitrogen and oxygen atoms in total. The van der Waals surface area contributed by atoms with Gasteiger partial charge in [0.1, 0.15) is 22.9 Å². The zero-order valence-corrected chi connectivity index (χ0v) is 17.2. The van der Waals surface area contributed by atoms with Crippen molar-refractivity contribution in [2.45, 2.75) is 6.92 Å². The van der Waals surface area contributed by atoms with E-state index in [1.165, 1.54) is 31.2 Å². The number of esters is 1. The number of amides is 1. The highest BCUT2D eigenvalue weighted by Crippen LogP contribution is 2.30. The molecule has 0 atom stereocenters. The van der Waals surface area contributed by atoms with Crippen molar-refractivity contribution in [2.24, 2.45) is 0 Å². The van der Waals surface area contributed by atoms with E-state index in [1.807, 2.05) is 0 Å². The molecule has 1 N–H and O–H groups in total. The van der Waals surface area contributed by atoms with Gasteiger partial charge in [0.05, 0.1) is 7.11 Å². The number of nitrogens with one attached hydrogen (secondary N) is 1. The van der Waals surface area contributed by atoms with Gasteiger partial charge in [-0.2, -0.15) is 9.59 Å². The van der Waals surface area contributed by atoms with Crippen molar-refractivity contribution in [3.05, 3.63) is 53.6 Å². The fourth-order valence-corrected chi connectivity index (χ4v) is 2.78. The average molecular weight is 453 g/mol. The second kappa shape index (κ2) is 12.9. The van der Waals surface area contributed by atoms with Crippen LogP contribution < -0.4 is 10.1 Å². The number of ether oxygens (including phenoxy) is 2. The molecule has 0 aromatic heterocycles. The van der Waals surface area contributed by atoms with E-state index in [0.29, 0.717) is 0 Å². The van der Waals surface area contributed by atoms with Crippen LogP contribution in [0.5, 0.6) is 5.75 Å². The van der Waals surface area contributed by atoms with Crippen molar-refractivity contribution in [1.29, 1.82) is 0 Å². The van der Waals surface area contributed by atoms with Gasteiger partial charge in [-0.05, 0) is 41.6 Å². The number of benzene rings is 2. The third-order valence-corrected chi connectivity index (χ3v) is 4.24. The van der Waals surface area contributed by atoms with Gasteiger partial charge in [0.2, 0.25) is 5.91 Å². The lowest BCUT2D eigenvalue weighted by molar-refractivity contribution is -0.191. The predicted octanol–water partition coefficient (Wildman–Crippen LogP) is 3.20. The fourth-order valence-electron chi connectivity index (χ4n) is 2.26. The van der Waals surface area contributed by atoms with Gasteiger partial charge in [-0.3, -0.25) is 4.79 Å². The van der Waals surface area contributed by atoms with Gasteiger partial charge in [0.25, 0.3) is 0 Å². The van der Waals surface area contributed by atoms with E-state index in [-0.39, 0.29) is 46.8 Å². The van der Waals surface area contributed by atoms with Crippen molar-refractivity contribution in [1.82, 2.24) is 5.32 Å². The van der Waals surface area contributed by atoms with E-state index in [2.05, 4.69) is 10.1 Å². The standard InChI is InChI=1S/C19H17F2NO5S.CO2/c1-11(23)22-7-8-28-19(25)27-17-6-3-12(9-15(17)18(24)26-2)14-5-4-13(20)10-16(14)21;2-1-3/h3-6,9-10H,7-8H2,1-2H3,(H,22,23);. The Kier molecular flexibility index (Phi) is 10.6. The van der Waals surface area contributed by atoms with E-state index in [9.17, 15) is 23.2 Å². The Bertz CT molecular complexity index is 991. The second-order valence-electron chi connectivity index (χ2n) is 5.59. The number of methoxy groups -OCH3 is 1. The lowest BCUT2D eigenvalue weighted by Crippen LogP contribution is -2.23. The number of rotatable bonds is 6. The van der Waals surface area contributed by atoms with Crippen LogP contribution >= 0.6 is 11.8 Å². The zero-order valence-electron chi connectivity index (χ0n) is 16.4. The summed E-state index contributed by atoms with van der Waals surface area (Å²) in [5.74, 6) is -2.30. The first-order valence-electron chi connectivity index (χ1n) is 8.49. The number of halogens is 2. The molecule has 11 heteroatoms. The van der Waals surface area contributed by atoms with Gasteiger partial charge < -0.3 is 14.8 Å². The van der Waals surface area contributed by atoms with Crippen molar-refractivity contribution < 1.29 is 42.2 Å². The van der Waals surface area contributed by atoms with Gasteiger partial charge in [0, 0.05) is 30.9 Å². The summed E-state index contributed by atoms with van der Waals surface area (Å²) in [4.78, 5) is 51.0. The minimum atomic E-state index is -0.797. The first-order chi connectivity index (χ1) is 14.7. The van der Waals surface area contributed by atoms with Crippen molar-refractivity contribution >= 4 is 35.1 Å². The average Bonchev–Trinajstić information content (AvgIpc) is 2.71. The molecule has 2 rings (SSSR count). The molecule has 2 aromatic rings. The summed E-state index contributed by atoms with van der Waals surface area (Å²) in [5.41, 5.74) is 0.282. The molecule has 0 saturated carbocycles. The highest BCUT2D eigenvalue weighted by atomic mass is 32.2. The monoisotopic (exact) mass is 453 g/mol. The normalized spacial score (nSPS) is 9.55.